The number of carbonyl (C=O) groups excluding carboxylic acids is 2. The van der Waals surface area contributed by atoms with Crippen LogP contribution in [0.4, 0.5) is 5.69 Å². The van der Waals surface area contributed by atoms with Crippen LogP contribution in [-0.2, 0) is 9.59 Å². The summed E-state index contributed by atoms with van der Waals surface area (Å²) < 4.78 is 0. The Morgan fingerprint density at radius 1 is 1.29 bits per heavy atom. The molecular formula is C16H23N3O2. The molecule has 0 bridgehead atoms. The Morgan fingerprint density at radius 3 is 2.67 bits per heavy atom. The van der Waals surface area contributed by atoms with Crippen molar-refractivity contribution in [3.05, 3.63) is 29.8 Å². The molecule has 0 radical (unpaired) electrons. The Bertz CT molecular complexity index is 528. The van der Waals surface area contributed by atoms with E-state index in [0.29, 0.717) is 13.1 Å². The molecule has 1 unspecified atom stereocenters. The fourth-order valence-corrected chi connectivity index (χ4v) is 2.60. The van der Waals surface area contributed by atoms with Crippen LogP contribution >= 0.6 is 0 Å². The standard InChI is InChI=1S/C16H23N3O2/c1-4-19(10-9-18(2)3)16(21)13-11-15(20)17-14-8-6-5-7-12(13)14/h5-8,13H,4,9-11H2,1-3H3,(H,17,20). The lowest BCUT2D eigenvalue weighted by atomic mass is 9.89. The predicted molar refractivity (Wildman–Crippen MR) is 83.2 cm³/mol. The van der Waals surface area contributed by atoms with Crippen molar-refractivity contribution >= 4 is 17.5 Å². The summed E-state index contributed by atoms with van der Waals surface area (Å²) in [6.45, 7) is 4.14. The van der Waals surface area contributed by atoms with Crippen molar-refractivity contribution in [1.82, 2.24) is 9.80 Å². The average molecular weight is 289 g/mol. The molecular weight excluding hydrogens is 266 g/mol. The van der Waals surface area contributed by atoms with E-state index in [4.69, 9.17) is 0 Å². The SMILES string of the molecule is CCN(CCN(C)C)C(=O)C1CC(=O)Nc2ccccc21. The van der Waals surface area contributed by atoms with Crippen LogP contribution in [-0.4, -0.2) is 55.3 Å². The summed E-state index contributed by atoms with van der Waals surface area (Å²) in [6, 6.07) is 7.56. The summed E-state index contributed by atoms with van der Waals surface area (Å²) in [5.74, 6) is -0.408. The van der Waals surface area contributed by atoms with Gasteiger partial charge in [-0.25, -0.2) is 0 Å². The number of nitrogens with one attached hydrogen (secondary N) is 1. The molecule has 1 aromatic rings. The largest absolute Gasteiger partial charge is 0.341 e. The van der Waals surface area contributed by atoms with Crippen molar-refractivity contribution in [3.8, 4) is 0 Å². The Balaban J connectivity index is 2.19. The van der Waals surface area contributed by atoms with Gasteiger partial charge in [0, 0.05) is 31.7 Å². The topological polar surface area (TPSA) is 52.7 Å². The molecule has 1 atom stereocenters. The molecule has 0 aromatic heterocycles. The first-order chi connectivity index (χ1) is 10.0. The van der Waals surface area contributed by atoms with Gasteiger partial charge in [-0.05, 0) is 32.6 Å². The van der Waals surface area contributed by atoms with Gasteiger partial charge in [-0.1, -0.05) is 18.2 Å². The van der Waals surface area contributed by atoms with Gasteiger partial charge in [-0.15, -0.1) is 0 Å². The van der Waals surface area contributed by atoms with Crippen molar-refractivity contribution in [1.29, 1.82) is 0 Å². The fourth-order valence-electron chi connectivity index (χ4n) is 2.60. The molecule has 1 aromatic carbocycles. The Hall–Kier alpha value is -1.88. The number of hydrogen-bond acceptors (Lipinski definition) is 3. The number of rotatable bonds is 5. The molecule has 5 nitrogen and oxygen atoms in total. The summed E-state index contributed by atoms with van der Waals surface area (Å²) in [5, 5.41) is 2.83. The van der Waals surface area contributed by atoms with E-state index in [-0.39, 0.29) is 24.2 Å². The van der Waals surface area contributed by atoms with Crippen molar-refractivity contribution in [2.45, 2.75) is 19.3 Å². The first-order valence-corrected chi connectivity index (χ1v) is 7.35. The summed E-state index contributed by atoms with van der Waals surface area (Å²) in [7, 11) is 3.98. The van der Waals surface area contributed by atoms with Crippen LogP contribution in [0.3, 0.4) is 0 Å². The molecule has 114 valence electrons. The lowest BCUT2D eigenvalue weighted by molar-refractivity contribution is -0.134. The second kappa shape index (κ2) is 6.72. The molecule has 2 amide bonds. The second-order valence-electron chi connectivity index (χ2n) is 5.61. The van der Waals surface area contributed by atoms with Gasteiger partial charge >= 0.3 is 0 Å². The minimum Gasteiger partial charge on any atom is -0.341 e. The quantitative estimate of drug-likeness (QED) is 0.894. The molecule has 0 saturated heterocycles. The maximum atomic E-state index is 12.8. The van der Waals surface area contributed by atoms with Gasteiger partial charge in [-0.3, -0.25) is 9.59 Å². The zero-order valence-electron chi connectivity index (χ0n) is 12.9. The molecule has 1 aliphatic rings. The Kier molecular flexibility index (Phi) is 4.96. The van der Waals surface area contributed by atoms with Gasteiger partial charge in [0.2, 0.25) is 11.8 Å². The molecule has 0 fully saturated rings. The number of fused-ring (bicyclic) bond motifs is 1. The molecule has 1 heterocycles. The highest BCUT2D eigenvalue weighted by Gasteiger charge is 2.32. The lowest BCUT2D eigenvalue weighted by Gasteiger charge is -2.30. The molecule has 0 saturated carbocycles. The minimum absolute atomic E-state index is 0.0432. The van der Waals surface area contributed by atoms with Crippen LogP contribution in [0.1, 0.15) is 24.8 Å². The normalized spacial score (nSPS) is 17.3. The van der Waals surface area contributed by atoms with Crippen molar-refractivity contribution in [2.75, 3.05) is 39.0 Å². The van der Waals surface area contributed by atoms with Crippen molar-refractivity contribution in [2.24, 2.45) is 0 Å². The van der Waals surface area contributed by atoms with Crippen LogP contribution < -0.4 is 5.32 Å². The van der Waals surface area contributed by atoms with Crippen LogP contribution in [0.2, 0.25) is 0 Å². The number of likely N-dealkylation sites (N-methyl/N-ethyl adjacent to an activating group) is 2. The van der Waals surface area contributed by atoms with Gasteiger partial charge in [0.1, 0.15) is 0 Å². The summed E-state index contributed by atoms with van der Waals surface area (Å²) in [5.41, 5.74) is 1.68. The average Bonchev–Trinajstić information content (AvgIpc) is 2.46. The van der Waals surface area contributed by atoms with Gasteiger partial charge in [0.15, 0.2) is 0 Å². The molecule has 5 heteroatoms. The van der Waals surface area contributed by atoms with E-state index in [2.05, 4.69) is 10.2 Å². The van der Waals surface area contributed by atoms with Crippen molar-refractivity contribution in [3.63, 3.8) is 0 Å². The minimum atomic E-state index is -0.364. The highest BCUT2D eigenvalue weighted by Crippen LogP contribution is 2.33. The molecule has 2 rings (SSSR count). The zero-order chi connectivity index (χ0) is 15.4. The number of carbonyl (C=O) groups is 2. The number of amides is 2. The number of benzene rings is 1. The summed E-state index contributed by atoms with van der Waals surface area (Å²) in [6.07, 6.45) is 0.230. The van der Waals surface area contributed by atoms with Crippen LogP contribution in [0, 0.1) is 0 Å². The summed E-state index contributed by atoms with van der Waals surface area (Å²) >= 11 is 0. The van der Waals surface area contributed by atoms with Crippen molar-refractivity contribution < 1.29 is 9.59 Å². The fraction of sp³-hybridized carbons (Fsp3) is 0.500. The van der Waals surface area contributed by atoms with E-state index in [1.165, 1.54) is 0 Å². The third-order valence-corrected chi connectivity index (χ3v) is 3.81. The maximum Gasteiger partial charge on any atom is 0.230 e. The van der Waals surface area contributed by atoms with E-state index < -0.39 is 0 Å². The van der Waals surface area contributed by atoms with E-state index >= 15 is 0 Å². The van der Waals surface area contributed by atoms with Gasteiger partial charge < -0.3 is 15.1 Å². The monoisotopic (exact) mass is 289 g/mol. The predicted octanol–water partition coefficient (Wildman–Crippen LogP) is 1.52. The number of hydrogen-bond donors (Lipinski definition) is 1. The van der Waals surface area contributed by atoms with Crippen LogP contribution in [0.25, 0.3) is 0 Å². The number of para-hydroxylation sites is 1. The van der Waals surface area contributed by atoms with Crippen LogP contribution in [0.15, 0.2) is 24.3 Å². The van der Waals surface area contributed by atoms with Gasteiger partial charge in [0.05, 0.1) is 5.92 Å². The highest BCUT2D eigenvalue weighted by molar-refractivity contribution is 6.01. The Morgan fingerprint density at radius 2 is 2.00 bits per heavy atom. The highest BCUT2D eigenvalue weighted by atomic mass is 16.2. The molecule has 0 spiro atoms. The van der Waals surface area contributed by atoms with Crippen LogP contribution in [0.5, 0.6) is 0 Å². The first kappa shape index (κ1) is 15.5. The van der Waals surface area contributed by atoms with E-state index in [9.17, 15) is 9.59 Å². The molecule has 1 aliphatic heterocycles. The number of nitrogens with zero attached hydrogens (tertiary/aromatic N) is 2. The zero-order valence-corrected chi connectivity index (χ0v) is 12.9. The lowest BCUT2D eigenvalue weighted by Crippen LogP contribution is -2.41. The molecule has 21 heavy (non-hydrogen) atoms. The smallest absolute Gasteiger partial charge is 0.230 e. The third kappa shape index (κ3) is 3.61. The number of anilines is 1. The summed E-state index contributed by atoms with van der Waals surface area (Å²) in [4.78, 5) is 28.5. The van der Waals surface area contributed by atoms with E-state index in [0.717, 1.165) is 17.8 Å². The maximum absolute atomic E-state index is 12.8. The van der Waals surface area contributed by atoms with E-state index in [1.807, 2.05) is 50.2 Å². The Labute approximate surface area is 125 Å². The third-order valence-electron chi connectivity index (χ3n) is 3.81. The first-order valence-electron chi connectivity index (χ1n) is 7.35. The molecule has 1 N–H and O–H groups in total. The van der Waals surface area contributed by atoms with Gasteiger partial charge in [-0.2, -0.15) is 0 Å². The molecule has 0 aliphatic carbocycles. The van der Waals surface area contributed by atoms with Gasteiger partial charge in [0.25, 0.3) is 0 Å². The van der Waals surface area contributed by atoms with E-state index in [1.54, 1.807) is 0 Å². The second-order valence-corrected chi connectivity index (χ2v) is 5.61.